The molecule has 0 saturated heterocycles. The Bertz CT molecular complexity index is 901. The van der Waals surface area contributed by atoms with Crippen molar-refractivity contribution in [1.29, 1.82) is 0 Å². The van der Waals surface area contributed by atoms with Crippen LogP contribution in [0, 0.1) is 12.8 Å². The minimum atomic E-state index is -0.126. The second kappa shape index (κ2) is 8.80. The topological polar surface area (TPSA) is 49.9 Å². The molecular weight excluding hydrogens is 396 g/mol. The summed E-state index contributed by atoms with van der Waals surface area (Å²) < 4.78 is 6.09. The Hall–Kier alpha value is -2.34. The third-order valence-corrected chi connectivity index (χ3v) is 6.98. The van der Waals surface area contributed by atoms with Crippen LogP contribution >= 0.6 is 11.3 Å². The van der Waals surface area contributed by atoms with Gasteiger partial charge in [-0.2, -0.15) is 0 Å². The molecule has 2 heterocycles. The van der Waals surface area contributed by atoms with Gasteiger partial charge in [-0.3, -0.25) is 9.59 Å². The van der Waals surface area contributed by atoms with E-state index in [1.807, 2.05) is 49.9 Å². The van der Waals surface area contributed by atoms with E-state index in [1.165, 1.54) is 16.0 Å². The predicted molar refractivity (Wildman–Crippen MR) is 119 cm³/mol. The summed E-state index contributed by atoms with van der Waals surface area (Å²) in [6.45, 7) is 7.24. The summed E-state index contributed by atoms with van der Waals surface area (Å²) in [5.74, 6) is 1.06. The molecule has 1 atom stereocenters. The van der Waals surface area contributed by atoms with Crippen LogP contribution in [0.2, 0.25) is 0 Å². The van der Waals surface area contributed by atoms with Gasteiger partial charge >= 0.3 is 0 Å². The molecule has 1 aliphatic heterocycles. The number of rotatable bonds is 7. The molecule has 2 aliphatic rings. The minimum Gasteiger partial charge on any atom is -0.491 e. The molecule has 1 saturated carbocycles. The largest absolute Gasteiger partial charge is 0.491 e. The molecule has 2 aromatic rings. The smallest absolute Gasteiger partial charge is 0.242 e. The first kappa shape index (κ1) is 20.9. The van der Waals surface area contributed by atoms with E-state index in [-0.39, 0.29) is 36.4 Å². The average Bonchev–Trinajstić information content (AvgIpc) is 3.47. The Kier molecular flexibility index (Phi) is 6.14. The lowest BCUT2D eigenvalue weighted by atomic mass is 10.00. The summed E-state index contributed by atoms with van der Waals surface area (Å²) in [5.41, 5.74) is 2.36. The van der Waals surface area contributed by atoms with Crippen molar-refractivity contribution in [3.8, 4) is 5.75 Å². The molecule has 5 nitrogen and oxygen atoms in total. The summed E-state index contributed by atoms with van der Waals surface area (Å²) in [6.07, 6.45) is 2.76. The van der Waals surface area contributed by atoms with Gasteiger partial charge in [0, 0.05) is 23.4 Å². The monoisotopic (exact) mass is 426 g/mol. The Balaban J connectivity index is 1.50. The minimum absolute atomic E-state index is 0.00653. The van der Waals surface area contributed by atoms with Crippen LogP contribution in [0.4, 0.5) is 0 Å². The summed E-state index contributed by atoms with van der Waals surface area (Å²) in [7, 11) is 0. The maximum absolute atomic E-state index is 13.3. The highest BCUT2D eigenvalue weighted by Gasteiger charge is 2.38. The van der Waals surface area contributed by atoms with E-state index in [1.54, 1.807) is 16.2 Å². The van der Waals surface area contributed by atoms with Gasteiger partial charge in [-0.05, 0) is 69.2 Å². The van der Waals surface area contributed by atoms with Gasteiger partial charge in [-0.1, -0.05) is 17.7 Å². The van der Waals surface area contributed by atoms with E-state index < -0.39 is 0 Å². The molecule has 0 bridgehead atoms. The van der Waals surface area contributed by atoms with E-state index in [0.717, 1.165) is 25.0 Å². The highest BCUT2D eigenvalue weighted by atomic mass is 32.1. The van der Waals surface area contributed by atoms with Gasteiger partial charge < -0.3 is 14.5 Å². The van der Waals surface area contributed by atoms with Crippen LogP contribution in [0.5, 0.6) is 5.75 Å². The van der Waals surface area contributed by atoms with Gasteiger partial charge in [0.1, 0.15) is 18.9 Å². The standard InChI is InChI=1S/C24H30N2O3S/c1-16(2)26(24(28)18-6-7-18)14-23(27)25-12-10-22-20(11-13-30-22)21(25)15-29-19-8-4-17(3)5-9-19/h4-5,8-9,11,13,16,18,21H,6-7,10,12,14-15H2,1-3H3. The first-order chi connectivity index (χ1) is 14.4. The second-order valence-corrected chi connectivity index (χ2v) is 9.61. The van der Waals surface area contributed by atoms with Crippen molar-refractivity contribution in [1.82, 2.24) is 9.80 Å². The predicted octanol–water partition coefficient (Wildman–Crippen LogP) is 4.21. The van der Waals surface area contributed by atoms with Crippen LogP contribution in [0.1, 0.15) is 48.7 Å². The molecule has 1 unspecified atom stereocenters. The molecule has 2 amide bonds. The van der Waals surface area contributed by atoms with Crippen LogP contribution in [-0.4, -0.2) is 47.4 Å². The Labute approximate surface area is 182 Å². The normalized spacial score (nSPS) is 18.3. The molecule has 0 N–H and O–H groups in total. The Morgan fingerprint density at radius 1 is 1.20 bits per heavy atom. The maximum Gasteiger partial charge on any atom is 0.242 e. The number of carbonyl (C=O) groups excluding carboxylic acids is 2. The van der Waals surface area contributed by atoms with Gasteiger partial charge in [-0.15, -0.1) is 11.3 Å². The molecule has 160 valence electrons. The zero-order valence-electron chi connectivity index (χ0n) is 18.0. The SMILES string of the molecule is Cc1ccc(OCC2c3ccsc3CCN2C(=O)CN(C(=O)C2CC2)C(C)C)cc1. The third-order valence-electron chi connectivity index (χ3n) is 5.98. The summed E-state index contributed by atoms with van der Waals surface area (Å²) >= 11 is 1.74. The molecule has 1 aromatic carbocycles. The zero-order valence-corrected chi connectivity index (χ0v) is 18.8. The van der Waals surface area contributed by atoms with E-state index in [2.05, 4.69) is 11.4 Å². The van der Waals surface area contributed by atoms with Crippen molar-refractivity contribution in [3.05, 3.63) is 51.7 Å². The van der Waals surface area contributed by atoms with E-state index in [9.17, 15) is 9.59 Å². The highest BCUT2D eigenvalue weighted by molar-refractivity contribution is 7.10. The number of aryl methyl sites for hydroxylation is 1. The van der Waals surface area contributed by atoms with Crippen LogP contribution in [-0.2, 0) is 16.0 Å². The van der Waals surface area contributed by atoms with Gasteiger partial charge in [0.2, 0.25) is 11.8 Å². The van der Waals surface area contributed by atoms with Gasteiger partial charge in [0.15, 0.2) is 0 Å². The third kappa shape index (κ3) is 4.53. The first-order valence-corrected chi connectivity index (χ1v) is 11.7. The van der Waals surface area contributed by atoms with Crippen molar-refractivity contribution in [2.24, 2.45) is 5.92 Å². The maximum atomic E-state index is 13.3. The number of amides is 2. The number of ether oxygens (including phenoxy) is 1. The lowest BCUT2D eigenvalue weighted by molar-refractivity contribution is -0.144. The molecule has 4 rings (SSSR count). The summed E-state index contributed by atoms with van der Waals surface area (Å²) in [5, 5.41) is 2.09. The summed E-state index contributed by atoms with van der Waals surface area (Å²) in [4.78, 5) is 31.0. The van der Waals surface area contributed by atoms with E-state index in [4.69, 9.17) is 4.74 Å². The number of benzene rings is 1. The van der Waals surface area contributed by atoms with Crippen LogP contribution in [0.25, 0.3) is 0 Å². The van der Waals surface area contributed by atoms with Crippen molar-refractivity contribution >= 4 is 23.2 Å². The molecule has 1 aromatic heterocycles. The fourth-order valence-electron chi connectivity index (χ4n) is 4.00. The van der Waals surface area contributed by atoms with Crippen molar-refractivity contribution in [2.75, 3.05) is 19.7 Å². The van der Waals surface area contributed by atoms with Gasteiger partial charge in [0.25, 0.3) is 0 Å². The fourth-order valence-corrected chi connectivity index (χ4v) is 4.93. The Morgan fingerprint density at radius 2 is 1.93 bits per heavy atom. The zero-order chi connectivity index (χ0) is 21.3. The lowest BCUT2D eigenvalue weighted by Gasteiger charge is -2.37. The number of carbonyl (C=O) groups is 2. The van der Waals surface area contributed by atoms with E-state index in [0.29, 0.717) is 13.2 Å². The van der Waals surface area contributed by atoms with Crippen LogP contribution in [0.15, 0.2) is 35.7 Å². The van der Waals surface area contributed by atoms with Crippen LogP contribution in [0.3, 0.4) is 0 Å². The molecule has 0 spiro atoms. The van der Waals surface area contributed by atoms with Crippen molar-refractivity contribution < 1.29 is 14.3 Å². The number of thiophene rings is 1. The van der Waals surface area contributed by atoms with Crippen LogP contribution < -0.4 is 4.74 Å². The molecule has 1 aliphatic carbocycles. The molecular formula is C24H30N2O3S. The van der Waals surface area contributed by atoms with Crippen molar-refractivity contribution in [2.45, 2.75) is 52.1 Å². The quantitative estimate of drug-likeness (QED) is 0.666. The Morgan fingerprint density at radius 3 is 2.60 bits per heavy atom. The molecule has 1 fully saturated rings. The molecule has 30 heavy (non-hydrogen) atoms. The van der Waals surface area contributed by atoms with Gasteiger partial charge in [0.05, 0.1) is 6.04 Å². The number of hydrogen-bond acceptors (Lipinski definition) is 4. The van der Waals surface area contributed by atoms with Gasteiger partial charge in [-0.25, -0.2) is 0 Å². The highest BCUT2D eigenvalue weighted by Crippen LogP contribution is 2.35. The number of fused-ring (bicyclic) bond motifs is 1. The number of nitrogens with zero attached hydrogens (tertiary/aromatic N) is 2. The van der Waals surface area contributed by atoms with E-state index >= 15 is 0 Å². The molecule has 6 heteroatoms. The average molecular weight is 427 g/mol. The molecule has 0 radical (unpaired) electrons. The second-order valence-electron chi connectivity index (χ2n) is 8.61. The van der Waals surface area contributed by atoms with Crippen molar-refractivity contribution in [3.63, 3.8) is 0 Å². The fraction of sp³-hybridized carbons (Fsp3) is 0.500. The summed E-state index contributed by atoms with van der Waals surface area (Å²) in [6, 6.07) is 9.99. The lowest BCUT2D eigenvalue weighted by Crippen LogP contribution is -2.49. The first-order valence-electron chi connectivity index (χ1n) is 10.8. The number of hydrogen-bond donors (Lipinski definition) is 0.